The highest BCUT2D eigenvalue weighted by Gasteiger charge is 2.21. The molecule has 3 rings (SSSR count). The number of anilines is 1. The van der Waals surface area contributed by atoms with E-state index in [1.165, 1.54) is 22.7 Å². The van der Waals surface area contributed by atoms with E-state index in [0.29, 0.717) is 16.1 Å². The molecule has 0 saturated heterocycles. The number of amides is 1. The maximum Gasteiger partial charge on any atom is 0.339 e. The van der Waals surface area contributed by atoms with E-state index in [1.807, 2.05) is 45.0 Å². The molecule has 0 radical (unpaired) electrons. The van der Waals surface area contributed by atoms with Crippen LogP contribution in [0.1, 0.15) is 40.1 Å². The number of thiophene rings is 2. The van der Waals surface area contributed by atoms with Crippen molar-refractivity contribution in [2.24, 2.45) is 0 Å². The predicted octanol–water partition coefficient (Wildman–Crippen LogP) is 5.76. The van der Waals surface area contributed by atoms with E-state index >= 15 is 0 Å². The molecule has 0 aliphatic carbocycles. The minimum absolute atomic E-state index is 0.127. The van der Waals surface area contributed by atoms with E-state index in [9.17, 15) is 14.7 Å². The van der Waals surface area contributed by atoms with Gasteiger partial charge in [-0.2, -0.15) is 11.3 Å². The van der Waals surface area contributed by atoms with Crippen LogP contribution in [-0.2, 0) is 0 Å². The Hall–Kier alpha value is -2.44. The molecule has 1 amide bonds. The first-order valence-corrected chi connectivity index (χ1v) is 9.64. The second kappa shape index (κ2) is 8.60. The maximum atomic E-state index is 12.1. The molecule has 0 atom stereocenters. The van der Waals surface area contributed by atoms with Crippen molar-refractivity contribution in [3.05, 3.63) is 63.2 Å². The highest BCUT2D eigenvalue weighted by atomic mass is 32.1. The Morgan fingerprint density at radius 1 is 1.04 bits per heavy atom. The van der Waals surface area contributed by atoms with Crippen molar-refractivity contribution < 1.29 is 14.7 Å². The molecule has 2 aromatic heterocycles. The molecule has 4 nitrogen and oxygen atoms in total. The van der Waals surface area contributed by atoms with E-state index in [-0.39, 0.29) is 11.5 Å². The molecule has 2 heterocycles. The summed E-state index contributed by atoms with van der Waals surface area (Å²) in [6.45, 7) is 5.98. The van der Waals surface area contributed by atoms with Crippen LogP contribution in [0, 0.1) is 6.92 Å². The lowest BCUT2D eigenvalue weighted by molar-refractivity contribution is 0.0699. The molecular weight excluding hydrogens is 354 g/mol. The summed E-state index contributed by atoms with van der Waals surface area (Å²) in [5, 5.41) is 17.4. The first-order valence-electron chi connectivity index (χ1n) is 7.81. The van der Waals surface area contributed by atoms with Crippen molar-refractivity contribution >= 4 is 40.2 Å². The van der Waals surface area contributed by atoms with Crippen molar-refractivity contribution in [1.82, 2.24) is 0 Å². The molecule has 0 fully saturated rings. The first-order chi connectivity index (χ1) is 12.1. The third kappa shape index (κ3) is 4.35. The van der Waals surface area contributed by atoms with Gasteiger partial charge in [-0.15, -0.1) is 11.3 Å². The van der Waals surface area contributed by atoms with Crippen LogP contribution in [0.2, 0.25) is 0 Å². The van der Waals surface area contributed by atoms with Gasteiger partial charge in [0.05, 0.1) is 16.1 Å². The largest absolute Gasteiger partial charge is 0.478 e. The monoisotopic (exact) mass is 373 g/mol. The number of nitrogens with one attached hydrogen (secondary N) is 1. The van der Waals surface area contributed by atoms with Gasteiger partial charge in [-0.05, 0) is 23.9 Å². The van der Waals surface area contributed by atoms with Crippen molar-refractivity contribution in [1.29, 1.82) is 0 Å². The van der Waals surface area contributed by atoms with Gasteiger partial charge >= 0.3 is 5.97 Å². The van der Waals surface area contributed by atoms with Crippen molar-refractivity contribution in [2.45, 2.75) is 20.8 Å². The lowest BCUT2D eigenvalue weighted by atomic mass is 10.1. The van der Waals surface area contributed by atoms with Crippen LogP contribution < -0.4 is 5.32 Å². The second-order valence-corrected chi connectivity index (χ2v) is 6.65. The molecule has 0 bridgehead atoms. The smallest absolute Gasteiger partial charge is 0.339 e. The maximum absolute atomic E-state index is 12.1. The summed E-state index contributed by atoms with van der Waals surface area (Å²) in [7, 11) is 0. The van der Waals surface area contributed by atoms with Gasteiger partial charge in [0.25, 0.3) is 5.91 Å². The number of hydrogen-bond donors (Lipinski definition) is 2. The summed E-state index contributed by atoms with van der Waals surface area (Å²) in [4.78, 5) is 24.5. The lowest BCUT2D eigenvalue weighted by Crippen LogP contribution is -2.13. The number of aryl methyl sites for hydroxylation is 1. The van der Waals surface area contributed by atoms with Crippen molar-refractivity contribution in [3.63, 3.8) is 0 Å². The lowest BCUT2D eigenvalue weighted by Gasteiger charge is -2.05. The summed E-state index contributed by atoms with van der Waals surface area (Å²) < 4.78 is 0. The first kappa shape index (κ1) is 18.9. The van der Waals surface area contributed by atoms with Gasteiger partial charge in [0.1, 0.15) is 5.56 Å². The van der Waals surface area contributed by atoms with E-state index in [0.717, 1.165) is 11.1 Å². The normalized spacial score (nSPS) is 9.88. The van der Waals surface area contributed by atoms with Crippen LogP contribution >= 0.6 is 22.7 Å². The Morgan fingerprint density at radius 3 is 2.28 bits per heavy atom. The topological polar surface area (TPSA) is 66.4 Å². The van der Waals surface area contributed by atoms with Crippen molar-refractivity contribution in [3.8, 4) is 10.4 Å². The number of carboxylic acids is 1. The zero-order valence-electron chi connectivity index (χ0n) is 14.2. The van der Waals surface area contributed by atoms with Crippen LogP contribution in [0.15, 0.2) is 46.5 Å². The van der Waals surface area contributed by atoms with Gasteiger partial charge in [0, 0.05) is 10.8 Å². The average molecular weight is 373 g/mol. The minimum Gasteiger partial charge on any atom is -0.478 e. The summed E-state index contributed by atoms with van der Waals surface area (Å²) >= 11 is 2.73. The predicted molar refractivity (Wildman–Crippen MR) is 105 cm³/mol. The minimum atomic E-state index is -1.05. The number of benzene rings is 1. The zero-order valence-corrected chi connectivity index (χ0v) is 15.8. The number of carbonyl (C=O) groups excluding carboxylic acids is 1. The zero-order chi connectivity index (χ0) is 18.4. The third-order valence-corrected chi connectivity index (χ3v) is 5.06. The van der Waals surface area contributed by atoms with Gasteiger partial charge in [-0.25, -0.2) is 4.79 Å². The van der Waals surface area contributed by atoms with Crippen LogP contribution in [0.4, 0.5) is 5.69 Å². The van der Waals surface area contributed by atoms with Crippen LogP contribution in [0.3, 0.4) is 0 Å². The van der Waals surface area contributed by atoms with Crippen LogP contribution in [-0.4, -0.2) is 17.0 Å². The molecule has 6 heteroatoms. The molecule has 0 unspecified atom stereocenters. The molecule has 0 aliphatic rings. The molecule has 3 aromatic rings. The summed E-state index contributed by atoms with van der Waals surface area (Å²) in [5.41, 5.74) is 2.91. The number of rotatable bonds is 4. The molecule has 130 valence electrons. The quantitative estimate of drug-likeness (QED) is 0.611. The van der Waals surface area contributed by atoms with E-state index in [4.69, 9.17) is 0 Å². The van der Waals surface area contributed by atoms with Gasteiger partial charge < -0.3 is 10.4 Å². The molecule has 1 aromatic carbocycles. The fraction of sp³-hybridized carbons (Fsp3) is 0.158. The number of hydrogen-bond acceptors (Lipinski definition) is 4. The SMILES string of the molecule is CC.Cc1ccc(-c2scc(NC(=O)c3ccsc3)c2C(=O)O)cc1. The fourth-order valence-electron chi connectivity index (χ4n) is 2.17. The second-order valence-electron chi connectivity index (χ2n) is 4.99. The van der Waals surface area contributed by atoms with Gasteiger partial charge in [-0.3, -0.25) is 4.79 Å². The summed E-state index contributed by atoms with van der Waals surface area (Å²) in [6, 6.07) is 9.35. The van der Waals surface area contributed by atoms with Crippen molar-refractivity contribution in [2.75, 3.05) is 5.32 Å². The standard InChI is InChI=1S/C17H13NO3S2.C2H6/c1-10-2-4-11(5-3-10)15-14(17(20)21)13(9-23-15)18-16(19)12-6-7-22-8-12;1-2/h2-9H,1H3,(H,18,19)(H,20,21);1-2H3. The third-order valence-electron chi connectivity index (χ3n) is 3.35. The Bertz CT molecular complexity index is 849. The fourth-order valence-corrected chi connectivity index (χ4v) is 3.80. The van der Waals surface area contributed by atoms with Gasteiger partial charge in [-0.1, -0.05) is 43.7 Å². The Morgan fingerprint density at radius 2 is 1.72 bits per heavy atom. The van der Waals surface area contributed by atoms with E-state index in [1.54, 1.807) is 22.2 Å². The summed E-state index contributed by atoms with van der Waals surface area (Å²) in [6.07, 6.45) is 0. The Labute approximate surface area is 154 Å². The molecule has 2 N–H and O–H groups in total. The van der Waals surface area contributed by atoms with E-state index < -0.39 is 5.97 Å². The molecule has 25 heavy (non-hydrogen) atoms. The van der Waals surface area contributed by atoms with Crippen LogP contribution in [0.5, 0.6) is 0 Å². The molecular formula is C19H19NO3S2. The Kier molecular flexibility index (Phi) is 6.50. The average Bonchev–Trinajstić information content (AvgIpc) is 3.27. The van der Waals surface area contributed by atoms with Gasteiger partial charge in [0.2, 0.25) is 0 Å². The number of carboxylic acid groups (broad SMARTS) is 1. The van der Waals surface area contributed by atoms with E-state index in [2.05, 4.69) is 5.32 Å². The Balaban J connectivity index is 0.00000109. The van der Waals surface area contributed by atoms with Crippen LogP contribution in [0.25, 0.3) is 10.4 Å². The summed E-state index contributed by atoms with van der Waals surface area (Å²) in [5.74, 6) is -1.36. The highest BCUT2D eigenvalue weighted by Crippen LogP contribution is 2.36. The molecule has 0 spiro atoms. The molecule has 0 aliphatic heterocycles. The number of aromatic carboxylic acids is 1. The highest BCUT2D eigenvalue weighted by molar-refractivity contribution is 7.14. The van der Waals surface area contributed by atoms with Gasteiger partial charge in [0.15, 0.2) is 0 Å². The molecule has 0 saturated carbocycles. The number of carbonyl (C=O) groups is 2.